The minimum atomic E-state index is -0.633. The molecule has 3 aromatic carbocycles. The van der Waals surface area contributed by atoms with Crippen molar-refractivity contribution in [3.63, 3.8) is 0 Å². The zero-order chi connectivity index (χ0) is 18.5. The van der Waals surface area contributed by atoms with E-state index in [0.29, 0.717) is 10.8 Å². The van der Waals surface area contributed by atoms with E-state index in [1.807, 2.05) is 60.7 Å². The van der Waals surface area contributed by atoms with E-state index in [-0.39, 0.29) is 0 Å². The van der Waals surface area contributed by atoms with E-state index in [4.69, 9.17) is 16.3 Å². The number of carbonyl (C=O) groups is 1. The lowest BCUT2D eigenvalue weighted by atomic mass is 9.88. The molecular formula is C21H18ClNO3. The maximum atomic E-state index is 12.3. The van der Waals surface area contributed by atoms with Crippen LogP contribution in [0.15, 0.2) is 72.8 Å². The molecule has 1 amide bonds. The Labute approximate surface area is 157 Å². The maximum Gasteiger partial charge on any atom is 0.255 e. The van der Waals surface area contributed by atoms with Crippen LogP contribution in [0.3, 0.4) is 0 Å². The molecule has 0 radical (unpaired) electrons. The highest BCUT2D eigenvalue weighted by Crippen LogP contribution is 2.35. The van der Waals surface area contributed by atoms with Crippen LogP contribution in [0.4, 0.5) is 0 Å². The van der Waals surface area contributed by atoms with Crippen LogP contribution < -0.4 is 10.2 Å². The Morgan fingerprint density at radius 2 is 1.73 bits per heavy atom. The molecule has 2 N–H and O–H groups in total. The van der Waals surface area contributed by atoms with Crippen LogP contribution in [0.25, 0.3) is 11.1 Å². The Morgan fingerprint density at radius 1 is 1.00 bits per heavy atom. The Morgan fingerprint density at radius 3 is 2.42 bits per heavy atom. The van der Waals surface area contributed by atoms with Crippen molar-refractivity contribution in [1.82, 2.24) is 5.48 Å². The number of methoxy groups -OCH3 is 1. The van der Waals surface area contributed by atoms with Gasteiger partial charge in [0.05, 0.1) is 13.0 Å². The molecule has 0 aliphatic carbocycles. The van der Waals surface area contributed by atoms with E-state index in [0.717, 1.165) is 22.3 Å². The number of halogens is 1. The molecule has 0 bridgehead atoms. The third-order valence-corrected chi connectivity index (χ3v) is 4.43. The molecule has 0 fully saturated rings. The van der Waals surface area contributed by atoms with Crippen molar-refractivity contribution in [1.29, 1.82) is 0 Å². The van der Waals surface area contributed by atoms with Crippen molar-refractivity contribution in [2.45, 2.75) is 5.92 Å². The van der Waals surface area contributed by atoms with Gasteiger partial charge in [-0.15, -0.1) is 0 Å². The van der Waals surface area contributed by atoms with Gasteiger partial charge in [0.15, 0.2) is 0 Å². The number of benzene rings is 3. The van der Waals surface area contributed by atoms with Crippen LogP contribution in [0.1, 0.15) is 17.0 Å². The summed E-state index contributed by atoms with van der Waals surface area (Å²) in [4.78, 5) is 12.3. The van der Waals surface area contributed by atoms with Gasteiger partial charge >= 0.3 is 0 Å². The highest BCUT2D eigenvalue weighted by molar-refractivity contribution is 6.31. The first-order chi connectivity index (χ1) is 12.6. The first kappa shape index (κ1) is 18.0. The number of carbonyl (C=O) groups excluding carboxylic acids is 1. The second-order valence-corrected chi connectivity index (χ2v) is 6.23. The average Bonchev–Trinajstić information content (AvgIpc) is 2.69. The zero-order valence-corrected chi connectivity index (χ0v) is 14.9. The molecule has 1 unspecified atom stereocenters. The summed E-state index contributed by atoms with van der Waals surface area (Å²) < 4.78 is 5.43. The molecule has 0 aliphatic heterocycles. The molecular weight excluding hydrogens is 350 g/mol. The highest BCUT2D eigenvalue weighted by atomic mass is 35.5. The molecule has 0 heterocycles. The molecule has 0 aliphatic rings. The molecule has 26 heavy (non-hydrogen) atoms. The van der Waals surface area contributed by atoms with E-state index < -0.39 is 11.8 Å². The number of hydroxylamine groups is 1. The van der Waals surface area contributed by atoms with Crippen molar-refractivity contribution in [2.75, 3.05) is 7.11 Å². The van der Waals surface area contributed by atoms with Gasteiger partial charge in [0.2, 0.25) is 0 Å². The molecule has 0 saturated carbocycles. The molecule has 1 atom stereocenters. The summed E-state index contributed by atoms with van der Waals surface area (Å²) in [7, 11) is 1.60. The van der Waals surface area contributed by atoms with Crippen molar-refractivity contribution < 1.29 is 14.7 Å². The van der Waals surface area contributed by atoms with Gasteiger partial charge in [-0.05, 0) is 41.0 Å². The standard InChI is InChI=1S/C21H18ClNO3/c1-26-19-11-10-17(22)13-18(19)15-8-5-9-16(12-15)20(21(24)23-25)14-6-3-2-4-7-14/h2-13,20,25H,1H3,(H,23,24). The Balaban J connectivity index is 2.11. The van der Waals surface area contributed by atoms with Gasteiger partial charge < -0.3 is 4.74 Å². The van der Waals surface area contributed by atoms with Crippen LogP contribution in [-0.4, -0.2) is 18.2 Å². The van der Waals surface area contributed by atoms with Gasteiger partial charge in [-0.3, -0.25) is 10.0 Å². The first-order valence-electron chi connectivity index (χ1n) is 8.07. The molecule has 0 aromatic heterocycles. The largest absolute Gasteiger partial charge is 0.496 e. The Kier molecular flexibility index (Phi) is 5.56. The predicted octanol–water partition coefficient (Wildman–Crippen LogP) is 4.65. The summed E-state index contributed by atoms with van der Waals surface area (Å²) in [5.41, 5.74) is 5.01. The Hall–Kier alpha value is -2.82. The summed E-state index contributed by atoms with van der Waals surface area (Å²) in [6, 6.07) is 22.2. The summed E-state index contributed by atoms with van der Waals surface area (Å²) in [5, 5.41) is 9.79. The first-order valence-corrected chi connectivity index (χ1v) is 8.44. The number of nitrogens with one attached hydrogen (secondary N) is 1. The molecule has 0 saturated heterocycles. The topological polar surface area (TPSA) is 58.6 Å². The SMILES string of the molecule is COc1ccc(Cl)cc1-c1cccc(C(C(=O)NO)c2ccccc2)c1. The van der Waals surface area contributed by atoms with Crippen LogP contribution in [0.2, 0.25) is 5.02 Å². The normalized spacial score (nSPS) is 11.7. The third kappa shape index (κ3) is 3.72. The van der Waals surface area contributed by atoms with Crippen molar-refractivity contribution in [3.8, 4) is 16.9 Å². The van der Waals surface area contributed by atoms with Gasteiger partial charge in [0.25, 0.3) is 5.91 Å². The summed E-state index contributed by atoms with van der Waals surface area (Å²) in [5.74, 6) is -0.438. The minimum Gasteiger partial charge on any atom is -0.496 e. The van der Waals surface area contributed by atoms with Gasteiger partial charge in [-0.25, -0.2) is 5.48 Å². The fourth-order valence-electron chi connectivity index (χ4n) is 3.00. The number of amides is 1. The zero-order valence-electron chi connectivity index (χ0n) is 14.1. The fourth-order valence-corrected chi connectivity index (χ4v) is 3.17. The summed E-state index contributed by atoms with van der Waals surface area (Å²) in [6.45, 7) is 0. The number of rotatable bonds is 5. The molecule has 4 nitrogen and oxygen atoms in total. The second kappa shape index (κ2) is 8.04. The van der Waals surface area contributed by atoms with E-state index in [1.54, 1.807) is 24.7 Å². The van der Waals surface area contributed by atoms with Gasteiger partial charge in [-0.2, -0.15) is 0 Å². The van der Waals surface area contributed by atoms with Crippen LogP contribution in [0, 0.1) is 0 Å². The molecule has 5 heteroatoms. The van der Waals surface area contributed by atoms with E-state index in [2.05, 4.69) is 0 Å². The van der Waals surface area contributed by atoms with Gasteiger partial charge in [0.1, 0.15) is 5.75 Å². The third-order valence-electron chi connectivity index (χ3n) is 4.20. The summed E-state index contributed by atoms with van der Waals surface area (Å²) >= 11 is 6.14. The highest BCUT2D eigenvalue weighted by Gasteiger charge is 2.23. The maximum absolute atomic E-state index is 12.3. The predicted molar refractivity (Wildman–Crippen MR) is 102 cm³/mol. The molecule has 132 valence electrons. The number of hydrogen-bond acceptors (Lipinski definition) is 3. The number of hydrogen-bond donors (Lipinski definition) is 2. The van der Waals surface area contributed by atoms with Gasteiger partial charge in [0, 0.05) is 10.6 Å². The van der Waals surface area contributed by atoms with Crippen LogP contribution >= 0.6 is 11.6 Å². The second-order valence-electron chi connectivity index (χ2n) is 5.79. The minimum absolute atomic E-state index is 0.494. The number of ether oxygens (including phenoxy) is 1. The van der Waals surface area contributed by atoms with Crippen molar-refractivity contribution in [3.05, 3.63) is 88.9 Å². The average molecular weight is 368 g/mol. The van der Waals surface area contributed by atoms with Crippen molar-refractivity contribution in [2.24, 2.45) is 0 Å². The molecule has 3 rings (SSSR count). The summed E-state index contributed by atoms with van der Waals surface area (Å²) in [6.07, 6.45) is 0. The lowest BCUT2D eigenvalue weighted by molar-refractivity contribution is -0.129. The van der Waals surface area contributed by atoms with E-state index in [1.165, 1.54) is 0 Å². The van der Waals surface area contributed by atoms with Crippen LogP contribution in [-0.2, 0) is 4.79 Å². The van der Waals surface area contributed by atoms with E-state index in [9.17, 15) is 10.0 Å². The monoisotopic (exact) mass is 367 g/mol. The lowest BCUT2D eigenvalue weighted by Gasteiger charge is -2.17. The van der Waals surface area contributed by atoms with Gasteiger partial charge in [-0.1, -0.05) is 60.1 Å². The molecule has 3 aromatic rings. The quantitative estimate of drug-likeness (QED) is 0.509. The molecule has 0 spiro atoms. The smallest absolute Gasteiger partial charge is 0.255 e. The lowest BCUT2D eigenvalue weighted by Crippen LogP contribution is -2.27. The van der Waals surface area contributed by atoms with E-state index >= 15 is 0 Å². The fraction of sp³-hybridized carbons (Fsp3) is 0.0952. The van der Waals surface area contributed by atoms with Crippen molar-refractivity contribution >= 4 is 17.5 Å². The Bertz CT molecular complexity index is 912. The van der Waals surface area contributed by atoms with Crippen LogP contribution in [0.5, 0.6) is 5.75 Å².